The summed E-state index contributed by atoms with van der Waals surface area (Å²) in [5.74, 6) is 0.880. The summed E-state index contributed by atoms with van der Waals surface area (Å²) in [5.41, 5.74) is 3.37. The fourth-order valence-electron chi connectivity index (χ4n) is 3.43. The number of carbonyl (C=O) groups is 1. The summed E-state index contributed by atoms with van der Waals surface area (Å²) in [7, 11) is 1.63. The number of methoxy groups -OCH3 is 1. The van der Waals surface area contributed by atoms with Gasteiger partial charge in [0.25, 0.3) is 0 Å². The quantitative estimate of drug-likeness (QED) is 0.350. The van der Waals surface area contributed by atoms with Gasteiger partial charge in [0.05, 0.1) is 18.4 Å². The summed E-state index contributed by atoms with van der Waals surface area (Å²) in [6, 6.07) is 22.0. The average molecular weight is 477 g/mol. The van der Waals surface area contributed by atoms with Crippen LogP contribution >= 0.6 is 11.8 Å². The van der Waals surface area contributed by atoms with Crippen molar-refractivity contribution < 1.29 is 13.9 Å². The molecule has 0 atom stereocenters. The van der Waals surface area contributed by atoms with Crippen molar-refractivity contribution in [1.29, 1.82) is 0 Å². The van der Waals surface area contributed by atoms with Crippen molar-refractivity contribution in [3.05, 3.63) is 89.7 Å². The van der Waals surface area contributed by atoms with E-state index in [2.05, 4.69) is 15.5 Å². The molecule has 0 spiro atoms. The minimum Gasteiger partial charge on any atom is -0.497 e. The fourth-order valence-corrected chi connectivity index (χ4v) is 4.21. The predicted octanol–water partition coefficient (Wildman–Crippen LogP) is 4.84. The van der Waals surface area contributed by atoms with Crippen LogP contribution in [0.1, 0.15) is 11.1 Å². The van der Waals surface area contributed by atoms with Gasteiger partial charge in [0, 0.05) is 12.2 Å². The molecular formula is C26H25FN4O2S. The van der Waals surface area contributed by atoms with E-state index in [1.165, 1.54) is 17.8 Å². The zero-order valence-corrected chi connectivity index (χ0v) is 19.8. The van der Waals surface area contributed by atoms with Crippen molar-refractivity contribution in [3.63, 3.8) is 0 Å². The fraction of sp³-hybridized carbons (Fsp3) is 0.192. The zero-order chi connectivity index (χ0) is 23.9. The number of amides is 1. The Hall–Kier alpha value is -3.65. The van der Waals surface area contributed by atoms with Crippen LogP contribution in [0.4, 0.5) is 4.39 Å². The topological polar surface area (TPSA) is 69.0 Å². The molecule has 8 heteroatoms. The second-order valence-corrected chi connectivity index (χ2v) is 8.64. The van der Waals surface area contributed by atoms with Gasteiger partial charge in [-0.25, -0.2) is 4.39 Å². The minimum absolute atomic E-state index is 0.107. The van der Waals surface area contributed by atoms with E-state index >= 15 is 0 Å². The number of carbonyl (C=O) groups excluding carboxylic acids is 1. The molecule has 174 valence electrons. The maximum Gasteiger partial charge on any atom is 0.230 e. The van der Waals surface area contributed by atoms with Crippen molar-refractivity contribution in [2.75, 3.05) is 19.4 Å². The van der Waals surface area contributed by atoms with Gasteiger partial charge in [-0.15, -0.1) is 10.2 Å². The highest BCUT2D eigenvalue weighted by molar-refractivity contribution is 7.99. The van der Waals surface area contributed by atoms with Crippen LogP contribution in [-0.4, -0.2) is 40.1 Å². The lowest BCUT2D eigenvalue weighted by molar-refractivity contribution is -0.118. The first kappa shape index (κ1) is 23.5. The van der Waals surface area contributed by atoms with Crippen LogP contribution in [0.25, 0.3) is 17.1 Å². The van der Waals surface area contributed by atoms with Crippen molar-refractivity contribution in [2.24, 2.45) is 0 Å². The van der Waals surface area contributed by atoms with E-state index in [-0.39, 0.29) is 17.5 Å². The lowest BCUT2D eigenvalue weighted by Crippen LogP contribution is -2.27. The highest BCUT2D eigenvalue weighted by atomic mass is 32.2. The number of nitrogens with zero attached hydrogens (tertiary/aromatic N) is 3. The van der Waals surface area contributed by atoms with Crippen LogP contribution in [0.2, 0.25) is 0 Å². The third kappa shape index (κ3) is 5.63. The Morgan fingerprint density at radius 1 is 1.03 bits per heavy atom. The average Bonchev–Trinajstić information content (AvgIpc) is 3.27. The number of hydrogen-bond donors (Lipinski definition) is 1. The first-order valence-electron chi connectivity index (χ1n) is 10.8. The van der Waals surface area contributed by atoms with E-state index in [0.29, 0.717) is 23.1 Å². The summed E-state index contributed by atoms with van der Waals surface area (Å²) in [5, 5.41) is 12.0. The summed E-state index contributed by atoms with van der Waals surface area (Å²) in [4.78, 5) is 12.5. The Kier molecular flexibility index (Phi) is 7.59. The van der Waals surface area contributed by atoms with Crippen LogP contribution < -0.4 is 10.1 Å². The summed E-state index contributed by atoms with van der Waals surface area (Å²) in [6.07, 6.45) is 0.720. The zero-order valence-electron chi connectivity index (χ0n) is 19.0. The van der Waals surface area contributed by atoms with E-state index in [4.69, 9.17) is 4.74 Å². The summed E-state index contributed by atoms with van der Waals surface area (Å²) in [6.45, 7) is 2.52. The van der Waals surface area contributed by atoms with Gasteiger partial charge in [-0.1, -0.05) is 53.7 Å². The van der Waals surface area contributed by atoms with Crippen LogP contribution in [0.3, 0.4) is 0 Å². The maximum atomic E-state index is 14.5. The number of nitrogens with one attached hydrogen (secondary N) is 1. The van der Waals surface area contributed by atoms with E-state index in [0.717, 1.165) is 29.0 Å². The van der Waals surface area contributed by atoms with Gasteiger partial charge < -0.3 is 10.1 Å². The molecule has 0 aliphatic heterocycles. The predicted molar refractivity (Wildman–Crippen MR) is 132 cm³/mol. The highest BCUT2D eigenvalue weighted by Gasteiger charge is 2.19. The number of hydrogen-bond acceptors (Lipinski definition) is 5. The largest absolute Gasteiger partial charge is 0.497 e. The Balaban J connectivity index is 1.45. The van der Waals surface area contributed by atoms with Crippen LogP contribution in [0, 0.1) is 12.7 Å². The van der Waals surface area contributed by atoms with Crippen molar-refractivity contribution in [2.45, 2.75) is 18.5 Å². The lowest BCUT2D eigenvalue weighted by atomic mass is 10.1. The number of halogens is 1. The molecule has 0 aliphatic carbocycles. The Labute approximate surface area is 202 Å². The molecule has 0 saturated heterocycles. The standard InChI is InChI=1S/C26H25FN4O2S/c1-18-7-11-20(12-8-18)31-25(22-5-3-4-6-23(22)27)29-30-26(31)34-17-24(32)28-16-15-19-9-13-21(33-2)14-10-19/h3-14H,15-17H2,1-2H3,(H,28,32). The summed E-state index contributed by atoms with van der Waals surface area (Å²) >= 11 is 1.27. The third-order valence-electron chi connectivity index (χ3n) is 5.27. The SMILES string of the molecule is COc1ccc(CCNC(=O)CSc2nnc(-c3ccccc3F)n2-c2ccc(C)cc2)cc1. The molecule has 4 rings (SSSR count). The molecule has 1 aromatic heterocycles. The molecule has 0 saturated carbocycles. The van der Waals surface area contributed by atoms with E-state index in [9.17, 15) is 9.18 Å². The Morgan fingerprint density at radius 2 is 1.76 bits per heavy atom. The monoisotopic (exact) mass is 476 g/mol. The molecule has 0 fully saturated rings. The lowest BCUT2D eigenvalue weighted by Gasteiger charge is -2.11. The van der Waals surface area contributed by atoms with Gasteiger partial charge in [-0.05, 0) is 55.3 Å². The molecule has 34 heavy (non-hydrogen) atoms. The molecule has 0 unspecified atom stereocenters. The molecule has 3 aromatic carbocycles. The molecule has 0 aliphatic rings. The maximum absolute atomic E-state index is 14.5. The van der Waals surface area contributed by atoms with Gasteiger partial charge >= 0.3 is 0 Å². The number of ether oxygens (including phenoxy) is 1. The second kappa shape index (κ2) is 11.0. The number of aromatic nitrogens is 3. The number of aryl methyl sites for hydroxylation is 1. The van der Waals surface area contributed by atoms with Gasteiger partial charge in [-0.3, -0.25) is 9.36 Å². The molecule has 1 heterocycles. The summed E-state index contributed by atoms with van der Waals surface area (Å²) < 4.78 is 21.5. The van der Waals surface area contributed by atoms with E-state index in [1.807, 2.05) is 55.5 Å². The van der Waals surface area contributed by atoms with Crippen molar-refractivity contribution >= 4 is 17.7 Å². The van der Waals surface area contributed by atoms with E-state index < -0.39 is 0 Å². The van der Waals surface area contributed by atoms with Crippen molar-refractivity contribution in [1.82, 2.24) is 20.1 Å². The third-order valence-corrected chi connectivity index (χ3v) is 6.20. The van der Waals surface area contributed by atoms with Crippen molar-refractivity contribution in [3.8, 4) is 22.8 Å². The molecular weight excluding hydrogens is 451 g/mol. The molecule has 1 amide bonds. The minimum atomic E-state index is -0.379. The second-order valence-electron chi connectivity index (χ2n) is 7.69. The first-order chi connectivity index (χ1) is 16.5. The Morgan fingerprint density at radius 3 is 2.47 bits per heavy atom. The van der Waals surface area contributed by atoms with Gasteiger partial charge in [-0.2, -0.15) is 0 Å². The molecule has 0 radical (unpaired) electrons. The van der Waals surface area contributed by atoms with Gasteiger partial charge in [0.2, 0.25) is 5.91 Å². The number of thioether (sulfide) groups is 1. The Bertz CT molecular complexity index is 1260. The van der Waals surface area contributed by atoms with Crippen LogP contribution in [0.5, 0.6) is 5.75 Å². The molecule has 1 N–H and O–H groups in total. The van der Waals surface area contributed by atoms with Gasteiger partial charge in [0.1, 0.15) is 11.6 Å². The molecule has 0 bridgehead atoms. The van der Waals surface area contributed by atoms with Gasteiger partial charge in [0.15, 0.2) is 11.0 Å². The first-order valence-corrected chi connectivity index (χ1v) is 11.8. The van der Waals surface area contributed by atoms with E-state index in [1.54, 1.807) is 29.9 Å². The smallest absolute Gasteiger partial charge is 0.230 e. The number of rotatable bonds is 9. The highest BCUT2D eigenvalue weighted by Crippen LogP contribution is 2.29. The van der Waals surface area contributed by atoms with Crippen LogP contribution in [-0.2, 0) is 11.2 Å². The molecule has 6 nitrogen and oxygen atoms in total. The number of benzene rings is 3. The normalized spacial score (nSPS) is 10.8. The van der Waals surface area contributed by atoms with Crippen LogP contribution in [0.15, 0.2) is 78.0 Å². The molecule has 4 aromatic rings.